The van der Waals surface area contributed by atoms with E-state index in [1.54, 1.807) is 18.8 Å². The van der Waals surface area contributed by atoms with Crippen LogP contribution < -0.4 is 5.32 Å². The van der Waals surface area contributed by atoms with Crippen LogP contribution in [0.4, 0.5) is 0 Å². The van der Waals surface area contributed by atoms with Crippen molar-refractivity contribution in [3.63, 3.8) is 0 Å². The zero-order chi connectivity index (χ0) is 19.1. The van der Waals surface area contributed by atoms with Crippen molar-refractivity contribution >= 4 is 17.7 Å². The Kier molecular flexibility index (Phi) is 6.32. The second-order valence-corrected chi connectivity index (χ2v) is 7.50. The molecule has 27 heavy (non-hydrogen) atoms. The molecule has 0 aliphatic rings. The Morgan fingerprint density at radius 3 is 1.52 bits per heavy atom. The minimum atomic E-state index is -0.840. The molecule has 0 saturated carbocycles. The zero-order valence-corrected chi connectivity index (χ0v) is 16.0. The fourth-order valence-electron chi connectivity index (χ4n) is 3.26. The Labute approximate surface area is 164 Å². The van der Waals surface area contributed by atoms with Crippen LogP contribution in [0.15, 0.2) is 91.0 Å². The molecule has 2 N–H and O–H groups in total. The number of nitrogens with one attached hydrogen (secondary N) is 1. The van der Waals surface area contributed by atoms with Gasteiger partial charge in [-0.1, -0.05) is 91.0 Å². The monoisotopic (exact) mass is 377 g/mol. The molecule has 3 rings (SSSR count). The van der Waals surface area contributed by atoms with Gasteiger partial charge >= 0.3 is 5.97 Å². The van der Waals surface area contributed by atoms with Crippen LogP contribution >= 0.6 is 11.8 Å². The summed E-state index contributed by atoms with van der Waals surface area (Å²) in [5.74, 6) is -0.405. The van der Waals surface area contributed by atoms with Crippen LogP contribution in [0.3, 0.4) is 0 Å². The molecular formula is C23H23NO2S. The third-order valence-corrected chi connectivity index (χ3v) is 6.29. The van der Waals surface area contributed by atoms with Crippen LogP contribution in [-0.2, 0) is 9.54 Å². The summed E-state index contributed by atoms with van der Waals surface area (Å²) in [7, 11) is 1.69. The molecule has 0 aromatic heterocycles. The molecule has 4 heteroatoms. The molecule has 3 aromatic rings. The van der Waals surface area contributed by atoms with Gasteiger partial charge in [0, 0.05) is 5.75 Å². The van der Waals surface area contributed by atoms with Gasteiger partial charge in [-0.2, -0.15) is 0 Å². The lowest BCUT2D eigenvalue weighted by molar-refractivity contribution is -0.138. The molecule has 0 heterocycles. The quantitative estimate of drug-likeness (QED) is 0.572. The normalized spacial score (nSPS) is 12.5. The van der Waals surface area contributed by atoms with E-state index in [1.165, 1.54) is 0 Å². The summed E-state index contributed by atoms with van der Waals surface area (Å²) in [5.41, 5.74) is 3.40. The first-order valence-corrected chi connectivity index (χ1v) is 9.87. The number of benzene rings is 3. The smallest absolute Gasteiger partial charge is 0.321 e. The maximum Gasteiger partial charge on any atom is 0.321 e. The molecule has 0 fully saturated rings. The molecule has 3 nitrogen and oxygen atoms in total. The lowest BCUT2D eigenvalue weighted by Crippen LogP contribution is -2.38. The fraction of sp³-hybridized carbons (Fsp3) is 0.174. The van der Waals surface area contributed by atoms with Gasteiger partial charge in [-0.05, 0) is 23.7 Å². The maximum atomic E-state index is 11.6. The van der Waals surface area contributed by atoms with Gasteiger partial charge in [-0.25, -0.2) is 0 Å². The van der Waals surface area contributed by atoms with E-state index in [4.69, 9.17) is 0 Å². The predicted molar refractivity (Wildman–Crippen MR) is 112 cm³/mol. The fourth-order valence-corrected chi connectivity index (χ4v) is 4.89. The summed E-state index contributed by atoms with van der Waals surface area (Å²) >= 11 is 1.65. The van der Waals surface area contributed by atoms with Crippen molar-refractivity contribution in [1.29, 1.82) is 0 Å². The van der Waals surface area contributed by atoms with Crippen molar-refractivity contribution in [2.75, 3.05) is 12.8 Å². The third-order valence-electron chi connectivity index (χ3n) is 4.65. The van der Waals surface area contributed by atoms with Gasteiger partial charge in [0.2, 0.25) is 0 Å². The van der Waals surface area contributed by atoms with E-state index in [-0.39, 0.29) is 0 Å². The lowest BCUT2D eigenvalue weighted by atomic mass is 9.84. The molecule has 0 radical (unpaired) electrons. The van der Waals surface area contributed by atoms with Crippen molar-refractivity contribution in [2.45, 2.75) is 10.8 Å². The first kappa shape index (κ1) is 19.2. The van der Waals surface area contributed by atoms with E-state index in [1.807, 2.05) is 54.6 Å². The van der Waals surface area contributed by atoms with Crippen LogP contribution in [0, 0.1) is 0 Å². The number of carboxylic acid groups (broad SMARTS) is 1. The van der Waals surface area contributed by atoms with Crippen molar-refractivity contribution in [3.05, 3.63) is 108 Å². The first-order chi connectivity index (χ1) is 13.2. The molecular weight excluding hydrogens is 354 g/mol. The summed E-state index contributed by atoms with van der Waals surface area (Å²) in [5, 5.41) is 12.4. The van der Waals surface area contributed by atoms with Gasteiger partial charge in [0.15, 0.2) is 0 Å². The zero-order valence-electron chi connectivity index (χ0n) is 15.2. The summed E-state index contributed by atoms with van der Waals surface area (Å²) in [6.07, 6.45) is 0. The highest BCUT2D eigenvalue weighted by molar-refractivity contribution is 8.00. The number of carboxylic acids is 1. The Bertz CT molecular complexity index is 757. The van der Waals surface area contributed by atoms with Gasteiger partial charge in [0.25, 0.3) is 0 Å². The van der Waals surface area contributed by atoms with Crippen LogP contribution in [-0.4, -0.2) is 29.9 Å². The molecule has 0 saturated heterocycles. The molecule has 0 aliphatic carbocycles. The highest BCUT2D eigenvalue weighted by atomic mass is 32.2. The van der Waals surface area contributed by atoms with E-state index in [9.17, 15) is 9.90 Å². The Hall–Kier alpha value is -2.56. The van der Waals surface area contributed by atoms with Crippen molar-refractivity contribution in [1.82, 2.24) is 5.32 Å². The minimum absolute atomic E-state index is 0.435. The summed E-state index contributed by atoms with van der Waals surface area (Å²) < 4.78 is -0.492. The topological polar surface area (TPSA) is 49.3 Å². The molecule has 0 bridgehead atoms. The predicted octanol–water partition coefficient (Wildman–Crippen LogP) is 4.38. The standard InChI is InChI=1S/C23H23NO2S/c1-24-21(22(25)26)17-27-23(18-11-5-2-6-12-18,19-13-7-3-8-14-19)20-15-9-4-10-16-20/h2-16,21,24H,17H2,1H3,(H,25,26)/t21-/m0/s1. The minimum Gasteiger partial charge on any atom is -0.480 e. The van der Waals surface area contributed by atoms with Crippen molar-refractivity contribution in [3.8, 4) is 0 Å². The molecule has 0 amide bonds. The summed E-state index contributed by atoms with van der Waals surface area (Å²) in [6.45, 7) is 0. The number of rotatable bonds is 8. The Balaban J connectivity index is 2.18. The number of likely N-dealkylation sites (N-methyl/N-ethyl adjacent to an activating group) is 1. The van der Waals surface area contributed by atoms with Crippen LogP contribution in [0.25, 0.3) is 0 Å². The Morgan fingerprint density at radius 2 is 1.22 bits per heavy atom. The second kappa shape index (κ2) is 8.89. The van der Waals surface area contributed by atoms with Gasteiger partial charge < -0.3 is 10.4 Å². The van der Waals surface area contributed by atoms with E-state index in [0.29, 0.717) is 5.75 Å². The highest BCUT2D eigenvalue weighted by Crippen LogP contribution is 2.48. The van der Waals surface area contributed by atoms with E-state index in [0.717, 1.165) is 16.7 Å². The lowest BCUT2D eigenvalue weighted by Gasteiger charge is -2.36. The summed E-state index contributed by atoms with van der Waals surface area (Å²) in [6, 6.07) is 30.3. The number of carbonyl (C=O) groups is 1. The van der Waals surface area contributed by atoms with Crippen LogP contribution in [0.5, 0.6) is 0 Å². The van der Waals surface area contributed by atoms with Crippen LogP contribution in [0.1, 0.15) is 16.7 Å². The number of thioether (sulfide) groups is 1. The van der Waals surface area contributed by atoms with Gasteiger partial charge in [0.05, 0.1) is 4.75 Å². The van der Waals surface area contributed by atoms with Gasteiger partial charge in [0.1, 0.15) is 6.04 Å². The highest BCUT2D eigenvalue weighted by Gasteiger charge is 2.38. The van der Waals surface area contributed by atoms with E-state index in [2.05, 4.69) is 41.7 Å². The maximum absolute atomic E-state index is 11.6. The SMILES string of the molecule is CN[C@@H](CSC(c1ccccc1)(c1ccccc1)c1ccccc1)C(=O)O. The largest absolute Gasteiger partial charge is 0.480 e. The molecule has 1 atom stereocenters. The summed E-state index contributed by atoms with van der Waals surface area (Å²) in [4.78, 5) is 11.6. The Morgan fingerprint density at radius 1 is 0.852 bits per heavy atom. The average Bonchev–Trinajstić information content (AvgIpc) is 2.73. The van der Waals surface area contributed by atoms with E-state index < -0.39 is 16.8 Å². The average molecular weight is 378 g/mol. The first-order valence-electron chi connectivity index (χ1n) is 8.89. The molecule has 138 valence electrons. The van der Waals surface area contributed by atoms with Crippen molar-refractivity contribution in [2.24, 2.45) is 0 Å². The molecule has 0 unspecified atom stereocenters. The second-order valence-electron chi connectivity index (χ2n) is 6.27. The molecule has 0 aliphatic heterocycles. The van der Waals surface area contributed by atoms with Gasteiger partial charge in [-0.15, -0.1) is 11.8 Å². The van der Waals surface area contributed by atoms with E-state index >= 15 is 0 Å². The molecule has 0 spiro atoms. The third kappa shape index (κ3) is 4.07. The number of hydrogen-bond donors (Lipinski definition) is 2. The number of aliphatic carboxylic acids is 1. The van der Waals surface area contributed by atoms with Gasteiger partial charge in [-0.3, -0.25) is 4.79 Å². The number of hydrogen-bond acceptors (Lipinski definition) is 3. The molecule has 3 aromatic carbocycles. The van der Waals surface area contributed by atoms with Crippen LogP contribution in [0.2, 0.25) is 0 Å². The van der Waals surface area contributed by atoms with Crippen molar-refractivity contribution < 1.29 is 9.90 Å².